The van der Waals surface area contributed by atoms with Crippen molar-refractivity contribution in [1.82, 2.24) is 5.01 Å². The standard InChI is InChI=1S/C17H29Cl3N2O2/c1-10(17(23)24)8-16(11-2-4-12(18)5-3-11)22(21)15-7-6-13(19)9-14(15)20/h10-16H,2-9,21H2,1H3,(H,23,24). The number of carboxylic acids is 1. The first kappa shape index (κ1) is 20.6. The molecule has 24 heavy (non-hydrogen) atoms. The van der Waals surface area contributed by atoms with Gasteiger partial charge in [0.15, 0.2) is 0 Å². The molecule has 2 rings (SSSR count). The Morgan fingerprint density at radius 3 is 2.25 bits per heavy atom. The average Bonchev–Trinajstić information content (AvgIpc) is 2.52. The van der Waals surface area contributed by atoms with Gasteiger partial charge >= 0.3 is 5.97 Å². The second kappa shape index (κ2) is 9.27. The fourth-order valence-corrected chi connectivity index (χ4v) is 5.25. The molecule has 2 saturated carbocycles. The number of hydrazine groups is 1. The zero-order valence-electron chi connectivity index (χ0n) is 14.2. The van der Waals surface area contributed by atoms with E-state index in [0.717, 1.165) is 44.9 Å². The molecule has 2 aliphatic rings. The van der Waals surface area contributed by atoms with E-state index in [1.807, 2.05) is 5.01 Å². The quantitative estimate of drug-likeness (QED) is 0.399. The first-order chi connectivity index (χ1) is 11.3. The van der Waals surface area contributed by atoms with Crippen LogP contribution < -0.4 is 5.84 Å². The smallest absolute Gasteiger partial charge is 0.306 e. The van der Waals surface area contributed by atoms with Crippen LogP contribution in [0, 0.1) is 11.8 Å². The highest BCUT2D eigenvalue weighted by Gasteiger charge is 2.39. The summed E-state index contributed by atoms with van der Waals surface area (Å²) in [6, 6.07) is 0.0831. The minimum absolute atomic E-state index is 0.0263. The molecule has 140 valence electrons. The number of nitrogens with zero attached hydrogens (tertiary/aromatic N) is 1. The van der Waals surface area contributed by atoms with Crippen molar-refractivity contribution in [2.24, 2.45) is 17.7 Å². The van der Waals surface area contributed by atoms with Crippen LogP contribution in [0.4, 0.5) is 0 Å². The lowest BCUT2D eigenvalue weighted by Gasteiger charge is -2.44. The Bertz CT molecular complexity index is 419. The molecule has 0 bridgehead atoms. The maximum absolute atomic E-state index is 11.4. The summed E-state index contributed by atoms with van der Waals surface area (Å²) in [7, 11) is 0. The maximum Gasteiger partial charge on any atom is 0.306 e. The lowest BCUT2D eigenvalue weighted by molar-refractivity contribution is -0.142. The highest BCUT2D eigenvalue weighted by Crippen LogP contribution is 2.37. The minimum atomic E-state index is -0.772. The average molecular weight is 400 g/mol. The Balaban J connectivity index is 2.09. The predicted octanol–water partition coefficient (Wildman–Crippen LogP) is 4.21. The molecular formula is C17H29Cl3N2O2. The van der Waals surface area contributed by atoms with Crippen molar-refractivity contribution in [2.45, 2.75) is 86.5 Å². The zero-order chi connectivity index (χ0) is 17.9. The maximum atomic E-state index is 11.4. The van der Waals surface area contributed by atoms with E-state index in [1.165, 1.54) is 0 Å². The third-order valence-electron chi connectivity index (χ3n) is 5.70. The number of carbonyl (C=O) groups is 1. The van der Waals surface area contributed by atoms with Gasteiger partial charge in [-0.15, -0.1) is 34.8 Å². The van der Waals surface area contributed by atoms with Gasteiger partial charge in [0, 0.05) is 22.8 Å². The number of carboxylic acid groups (broad SMARTS) is 1. The normalized spacial score (nSPS) is 37.2. The molecule has 7 heteroatoms. The fraction of sp³-hybridized carbons (Fsp3) is 0.941. The largest absolute Gasteiger partial charge is 0.481 e. The zero-order valence-corrected chi connectivity index (χ0v) is 16.5. The van der Waals surface area contributed by atoms with E-state index in [4.69, 9.17) is 40.6 Å². The van der Waals surface area contributed by atoms with Gasteiger partial charge in [0.1, 0.15) is 0 Å². The van der Waals surface area contributed by atoms with Crippen molar-refractivity contribution in [3.63, 3.8) is 0 Å². The summed E-state index contributed by atoms with van der Waals surface area (Å²) in [5.74, 6) is 5.71. The van der Waals surface area contributed by atoms with Crippen LogP contribution in [0.15, 0.2) is 0 Å². The monoisotopic (exact) mass is 398 g/mol. The molecule has 0 spiro atoms. The van der Waals surface area contributed by atoms with Gasteiger partial charge in [0.25, 0.3) is 0 Å². The van der Waals surface area contributed by atoms with Gasteiger partial charge in [-0.05, 0) is 57.3 Å². The van der Waals surface area contributed by atoms with Gasteiger partial charge < -0.3 is 5.11 Å². The van der Waals surface area contributed by atoms with E-state index in [0.29, 0.717) is 12.3 Å². The van der Waals surface area contributed by atoms with Gasteiger partial charge in [-0.3, -0.25) is 10.6 Å². The Kier molecular flexibility index (Phi) is 7.95. The van der Waals surface area contributed by atoms with E-state index in [1.54, 1.807) is 6.92 Å². The molecule has 0 heterocycles. The summed E-state index contributed by atoms with van der Waals surface area (Å²) < 4.78 is 0. The molecule has 0 radical (unpaired) electrons. The van der Waals surface area contributed by atoms with Crippen LogP contribution >= 0.6 is 34.8 Å². The number of hydrogen-bond donors (Lipinski definition) is 2. The highest BCUT2D eigenvalue weighted by molar-refractivity contribution is 6.24. The van der Waals surface area contributed by atoms with Gasteiger partial charge in [0.05, 0.1) is 11.3 Å². The van der Waals surface area contributed by atoms with Crippen LogP contribution in [0.5, 0.6) is 0 Å². The number of hydrogen-bond acceptors (Lipinski definition) is 3. The van der Waals surface area contributed by atoms with Crippen molar-refractivity contribution in [2.75, 3.05) is 0 Å². The number of aliphatic carboxylic acids is 1. The second-order valence-electron chi connectivity index (χ2n) is 7.50. The molecule has 2 aliphatic carbocycles. The fourth-order valence-electron chi connectivity index (χ4n) is 4.12. The van der Waals surface area contributed by atoms with Crippen molar-refractivity contribution < 1.29 is 9.90 Å². The molecule has 3 N–H and O–H groups in total. The number of rotatable bonds is 6. The Morgan fingerprint density at radius 2 is 1.71 bits per heavy atom. The molecule has 2 fully saturated rings. The van der Waals surface area contributed by atoms with Gasteiger partial charge in [-0.25, -0.2) is 5.01 Å². The molecule has 0 saturated heterocycles. The van der Waals surface area contributed by atoms with Gasteiger partial charge in [-0.1, -0.05) is 6.92 Å². The topological polar surface area (TPSA) is 66.6 Å². The third-order valence-corrected chi connectivity index (χ3v) is 7.00. The van der Waals surface area contributed by atoms with Crippen LogP contribution in [-0.2, 0) is 4.79 Å². The molecule has 0 aromatic rings. The van der Waals surface area contributed by atoms with E-state index in [-0.39, 0.29) is 28.2 Å². The van der Waals surface area contributed by atoms with Crippen LogP contribution in [0.3, 0.4) is 0 Å². The molecule has 0 aromatic carbocycles. The molecule has 0 amide bonds. The Labute approximate surface area is 160 Å². The van der Waals surface area contributed by atoms with Crippen LogP contribution in [0.25, 0.3) is 0 Å². The number of nitrogens with two attached hydrogens (primary N) is 1. The van der Waals surface area contributed by atoms with Gasteiger partial charge in [0.2, 0.25) is 0 Å². The molecule has 4 nitrogen and oxygen atoms in total. The van der Waals surface area contributed by atoms with Crippen molar-refractivity contribution >= 4 is 40.8 Å². The van der Waals surface area contributed by atoms with E-state index < -0.39 is 11.9 Å². The molecule has 5 atom stereocenters. The Morgan fingerprint density at radius 1 is 1.12 bits per heavy atom. The molecule has 5 unspecified atom stereocenters. The minimum Gasteiger partial charge on any atom is -0.481 e. The number of alkyl halides is 3. The third kappa shape index (κ3) is 5.38. The van der Waals surface area contributed by atoms with Crippen molar-refractivity contribution in [3.8, 4) is 0 Å². The van der Waals surface area contributed by atoms with Crippen LogP contribution in [0.2, 0.25) is 0 Å². The SMILES string of the molecule is CC(CC(C1CCC(Cl)CC1)N(N)C1CCC(Cl)CC1Cl)C(=O)O. The predicted molar refractivity (Wildman–Crippen MR) is 99.8 cm³/mol. The van der Waals surface area contributed by atoms with E-state index >= 15 is 0 Å². The second-order valence-corrected chi connectivity index (χ2v) is 9.29. The van der Waals surface area contributed by atoms with Crippen molar-refractivity contribution in [3.05, 3.63) is 0 Å². The summed E-state index contributed by atoms with van der Waals surface area (Å²) in [6.45, 7) is 1.75. The summed E-state index contributed by atoms with van der Waals surface area (Å²) in [5, 5.41) is 11.5. The lowest BCUT2D eigenvalue weighted by atomic mass is 9.79. The van der Waals surface area contributed by atoms with E-state index in [9.17, 15) is 9.90 Å². The summed E-state index contributed by atoms with van der Waals surface area (Å²) in [5.41, 5.74) is 0. The first-order valence-corrected chi connectivity index (χ1v) is 10.3. The van der Waals surface area contributed by atoms with Crippen LogP contribution in [-0.4, -0.2) is 44.3 Å². The van der Waals surface area contributed by atoms with Crippen LogP contribution in [0.1, 0.15) is 58.3 Å². The number of halogens is 3. The summed E-state index contributed by atoms with van der Waals surface area (Å²) in [6.07, 6.45) is 6.99. The first-order valence-electron chi connectivity index (χ1n) is 8.97. The van der Waals surface area contributed by atoms with Gasteiger partial charge in [-0.2, -0.15) is 0 Å². The Hall–Kier alpha value is 0.260. The molecule has 0 aliphatic heterocycles. The van der Waals surface area contributed by atoms with Crippen molar-refractivity contribution in [1.29, 1.82) is 0 Å². The van der Waals surface area contributed by atoms with E-state index in [2.05, 4.69) is 0 Å². The molecular weight excluding hydrogens is 371 g/mol. The highest BCUT2D eigenvalue weighted by atomic mass is 35.5. The lowest BCUT2D eigenvalue weighted by Crippen LogP contribution is -2.57. The molecule has 0 aromatic heterocycles. The summed E-state index contributed by atoms with van der Waals surface area (Å²) >= 11 is 19.0. The summed E-state index contributed by atoms with van der Waals surface area (Å²) in [4.78, 5) is 11.4.